The minimum atomic E-state index is -0.196. The van der Waals surface area contributed by atoms with E-state index in [1.165, 1.54) is 12.1 Å². The third-order valence-corrected chi connectivity index (χ3v) is 5.98. The Morgan fingerprint density at radius 1 is 1.30 bits per heavy atom. The van der Waals surface area contributed by atoms with Crippen LogP contribution in [0, 0.1) is 11.7 Å². The molecule has 9 heteroatoms. The van der Waals surface area contributed by atoms with Crippen molar-refractivity contribution in [2.45, 2.75) is 37.6 Å². The van der Waals surface area contributed by atoms with Crippen LogP contribution in [0.4, 0.5) is 4.39 Å². The molecular formula is C21H31FN6OS. The Hall–Kier alpha value is -2.13. The summed E-state index contributed by atoms with van der Waals surface area (Å²) < 4.78 is 20.5. The van der Waals surface area contributed by atoms with Crippen LogP contribution >= 0.6 is 11.8 Å². The van der Waals surface area contributed by atoms with Crippen molar-refractivity contribution in [1.82, 2.24) is 25.4 Å². The van der Waals surface area contributed by atoms with Gasteiger partial charge in [-0.15, -0.1) is 22.0 Å². The zero-order valence-corrected chi connectivity index (χ0v) is 18.3. The van der Waals surface area contributed by atoms with Gasteiger partial charge < -0.3 is 19.9 Å². The molecular weight excluding hydrogens is 403 g/mol. The number of aliphatic imine (C=N–C) groups is 1. The van der Waals surface area contributed by atoms with Crippen LogP contribution in [0.25, 0.3) is 0 Å². The molecule has 1 atom stereocenters. The molecule has 1 unspecified atom stereocenters. The molecule has 0 amide bonds. The van der Waals surface area contributed by atoms with Crippen LogP contribution in [0.3, 0.4) is 0 Å². The van der Waals surface area contributed by atoms with E-state index >= 15 is 0 Å². The zero-order valence-electron chi connectivity index (χ0n) is 17.5. The molecule has 7 nitrogen and oxygen atoms in total. The van der Waals surface area contributed by atoms with Gasteiger partial charge in [-0.3, -0.25) is 4.99 Å². The molecule has 0 aliphatic carbocycles. The van der Waals surface area contributed by atoms with Crippen molar-refractivity contribution in [3.05, 3.63) is 42.2 Å². The van der Waals surface area contributed by atoms with Crippen LogP contribution in [0.1, 0.15) is 25.6 Å². The Morgan fingerprint density at radius 2 is 2.13 bits per heavy atom. The fourth-order valence-electron chi connectivity index (χ4n) is 3.16. The van der Waals surface area contributed by atoms with Gasteiger partial charge in [-0.25, -0.2) is 4.39 Å². The number of benzene rings is 1. The number of ether oxygens (including phenoxy) is 1. The van der Waals surface area contributed by atoms with Gasteiger partial charge in [0.25, 0.3) is 0 Å². The van der Waals surface area contributed by atoms with Gasteiger partial charge in [0.1, 0.15) is 18.0 Å². The lowest BCUT2D eigenvalue weighted by molar-refractivity contribution is 0.187. The highest BCUT2D eigenvalue weighted by molar-refractivity contribution is 7.99. The first kappa shape index (κ1) is 22.6. The second kappa shape index (κ2) is 12.5. The first-order valence-electron chi connectivity index (χ1n) is 10.6. The third-order valence-electron chi connectivity index (χ3n) is 4.88. The molecule has 3 rings (SSSR count). The number of hydrogen-bond acceptors (Lipinski definition) is 5. The minimum absolute atomic E-state index is 0.196. The predicted octanol–water partition coefficient (Wildman–Crippen LogP) is 2.73. The molecule has 1 aromatic carbocycles. The standard InChI is InChI=1S/C21H31FN6OS/c1-2-20-27-26-16-28(20)11-10-24-21(25-14-17-8-12-29-15-17)23-9-3-13-30-19-6-4-18(22)5-7-19/h4-7,16-17H,2-3,8-15H2,1H3,(H2,23,24,25). The molecule has 1 saturated heterocycles. The van der Waals surface area contributed by atoms with Crippen molar-refractivity contribution in [2.75, 3.05) is 38.6 Å². The van der Waals surface area contributed by atoms with Gasteiger partial charge in [0.2, 0.25) is 0 Å². The molecule has 0 bridgehead atoms. The molecule has 30 heavy (non-hydrogen) atoms. The van der Waals surface area contributed by atoms with Crippen molar-refractivity contribution >= 4 is 17.7 Å². The molecule has 0 radical (unpaired) electrons. The van der Waals surface area contributed by atoms with Gasteiger partial charge in [0.15, 0.2) is 5.96 Å². The van der Waals surface area contributed by atoms with Gasteiger partial charge in [0.05, 0.1) is 6.61 Å². The monoisotopic (exact) mass is 434 g/mol. The Morgan fingerprint density at radius 3 is 2.90 bits per heavy atom. The molecule has 1 aliphatic rings. The van der Waals surface area contributed by atoms with Crippen LogP contribution < -0.4 is 10.6 Å². The number of nitrogens with zero attached hydrogens (tertiary/aromatic N) is 4. The van der Waals surface area contributed by atoms with Gasteiger partial charge in [0, 0.05) is 50.0 Å². The van der Waals surface area contributed by atoms with Crippen molar-refractivity contribution in [2.24, 2.45) is 10.9 Å². The Balaban J connectivity index is 1.41. The van der Waals surface area contributed by atoms with Gasteiger partial charge >= 0.3 is 0 Å². The van der Waals surface area contributed by atoms with Crippen molar-refractivity contribution in [1.29, 1.82) is 0 Å². The minimum Gasteiger partial charge on any atom is -0.381 e. The molecule has 1 fully saturated rings. The lowest BCUT2D eigenvalue weighted by Crippen LogP contribution is -2.40. The highest BCUT2D eigenvalue weighted by Crippen LogP contribution is 2.18. The van der Waals surface area contributed by atoms with Crippen LogP contribution in [0.15, 0.2) is 40.5 Å². The van der Waals surface area contributed by atoms with Crippen LogP contribution in [0.5, 0.6) is 0 Å². The van der Waals surface area contributed by atoms with E-state index in [1.807, 2.05) is 12.1 Å². The van der Waals surface area contributed by atoms with E-state index in [0.29, 0.717) is 5.92 Å². The summed E-state index contributed by atoms with van der Waals surface area (Å²) in [4.78, 5) is 5.85. The average Bonchev–Trinajstić information content (AvgIpc) is 3.44. The summed E-state index contributed by atoms with van der Waals surface area (Å²) in [6.07, 6.45) is 4.70. The van der Waals surface area contributed by atoms with E-state index in [9.17, 15) is 4.39 Å². The highest BCUT2D eigenvalue weighted by atomic mass is 32.2. The largest absolute Gasteiger partial charge is 0.381 e. The number of halogens is 1. The zero-order chi connectivity index (χ0) is 21.0. The van der Waals surface area contributed by atoms with Crippen LogP contribution in [-0.4, -0.2) is 59.3 Å². The van der Waals surface area contributed by atoms with E-state index < -0.39 is 0 Å². The molecule has 164 valence electrons. The van der Waals surface area contributed by atoms with Gasteiger partial charge in [-0.2, -0.15) is 0 Å². The topological polar surface area (TPSA) is 76.4 Å². The van der Waals surface area contributed by atoms with Crippen molar-refractivity contribution in [3.8, 4) is 0 Å². The van der Waals surface area contributed by atoms with Gasteiger partial charge in [-0.1, -0.05) is 6.92 Å². The maximum Gasteiger partial charge on any atom is 0.191 e. The normalized spacial score (nSPS) is 16.7. The quantitative estimate of drug-likeness (QED) is 0.245. The molecule has 0 saturated carbocycles. The summed E-state index contributed by atoms with van der Waals surface area (Å²) in [5.74, 6) is 3.09. The van der Waals surface area contributed by atoms with E-state index in [-0.39, 0.29) is 5.82 Å². The van der Waals surface area contributed by atoms with Gasteiger partial charge in [-0.05, 0) is 42.9 Å². The summed E-state index contributed by atoms with van der Waals surface area (Å²) in [6, 6.07) is 6.64. The first-order valence-corrected chi connectivity index (χ1v) is 11.6. The number of thioether (sulfide) groups is 1. The number of hydrogen-bond donors (Lipinski definition) is 2. The third kappa shape index (κ3) is 7.60. The number of rotatable bonds is 11. The lowest BCUT2D eigenvalue weighted by Gasteiger charge is -2.14. The first-order chi connectivity index (χ1) is 14.7. The number of aromatic nitrogens is 3. The molecule has 2 heterocycles. The summed E-state index contributed by atoms with van der Waals surface area (Å²) >= 11 is 1.73. The predicted molar refractivity (Wildman–Crippen MR) is 118 cm³/mol. The van der Waals surface area contributed by atoms with E-state index in [2.05, 4.69) is 32.3 Å². The highest BCUT2D eigenvalue weighted by Gasteiger charge is 2.15. The summed E-state index contributed by atoms with van der Waals surface area (Å²) in [5.41, 5.74) is 0. The average molecular weight is 435 g/mol. The van der Waals surface area contributed by atoms with E-state index in [1.54, 1.807) is 18.1 Å². The fourth-order valence-corrected chi connectivity index (χ4v) is 4.01. The SMILES string of the molecule is CCc1nncn1CCNC(=NCC1CCOC1)NCCCSc1ccc(F)cc1. The maximum atomic E-state index is 13.0. The molecule has 0 spiro atoms. The van der Waals surface area contributed by atoms with Crippen LogP contribution in [0.2, 0.25) is 0 Å². The van der Waals surface area contributed by atoms with E-state index in [4.69, 9.17) is 9.73 Å². The van der Waals surface area contributed by atoms with Crippen molar-refractivity contribution < 1.29 is 9.13 Å². The Bertz CT molecular complexity index is 776. The Labute approximate surface area is 181 Å². The second-order valence-electron chi connectivity index (χ2n) is 7.22. The van der Waals surface area contributed by atoms with Crippen LogP contribution in [-0.2, 0) is 17.7 Å². The molecule has 1 aromatic heterocycles. The fraction of sp³-hybridized carbons (Fsp3) is 0.571. The lowest BCUT2D eigenvalue weighted by atomic mass is 10.1. The Kier molecular flexibility index (Phi) is 9.43. The molecule has 2 N–H and O–H groups in total. The molecule has 1 aliphatic heterocycles. The second-order valence-corrected chi connectivity index (χ2v) is 8.39. The number of aryl methyl sites for hydroxylation is 1. The van der Waals surface area contributed by atoms with E-state index in [0.717, 1.165) is 81.1 Å². The molecule has 2 aromatic rings. The number of nitrogens with one attached hydrogen (secondary N) is 2. The summed E-state index contributed by atoms with van der Waals surface area (Å²) in [6.45, 7) is 6.86. The summed E-state index contributed by atoms with van der Waals surface area (Å²) in [5, 5.41) is 15.0. The van der Waals surface area contributed by atoms with Crippen molar-refractivity contribution in [3.63, 3.8) is 0 Å². The maximum absolute atomic E-state index is 13.0. The number of guanidine groups is 1. The smallest absolute Gasteiger partial charge is 0.191 e. The summed E-state index contributed by atoms with van der Waals surface area (Å²) in [7, 11) is 0.